The first kappa shape index (κ1) is 17.0. The first-order valence-electron chi connectivity index (χ1n) is 8.76. The molecular weight excluding hydrogens is 338 g/mol. The number of ether oxygens (including phenoxy) is 1. The van der Waals surface area contributed by atoms with Crippen LogP contribution in [-0.2, 0) is 0 Å². The van der Waals surface area contributed by atoms with Crippen LogP contribution in [0.2, 0.25) is 0 Å². The van der Waals surface area contributed by atoms with Crippen molar-refractivity contribution in [2.75, 3.05) is 7.11 Å². The average Bonchev–Trinajstić information content (AvgIpc) is 3.20. The van der Waals surface area contributed by atoms with Gasteiger partial charge in [-0.05, 0) is 35.9 Å². The molecule has 0 saturated carbocycles. The van der Waals surface area contributed by atoms with E-state index in [4.69, 9.17) is 4.74 Å². The zero-order valence-corrected chi connectivity index (χ0v) is 14.9. The lowest BCUT2D eigenvalue weighted by Crippen LogP contribution is -2.27. The van der Waals surface area contributed by atoms with Gasteiger partial charge in [0.15, 0.2) is 0 Å². The molecule has 5 heteroatoms. The van der Waals surface area contributed by atoms with Crippen LogP contribution >= 0.6 is 0 Å². The summed E-state index contributed by atoms with van der Waals surface area (Å²) in [6.45, 7) is 0. The predicted octanol–water partition coefficient (Wildman–Crippen LogP) is 4.08. The highest BCUT2D eigenvalue weighted by atomic mass is 16.5. The van der Waals surface area contributed by atoms with Gasteiger partial charge in [0.2, 0.25) is 0 Å². The number of carbonyl (C=O) groups is 1. The van der Waals surface area contributed by atoms with E-state index in [1.54, 1.807) is 24.5 Å². The van der Waals surface area contributed by atoms with Gasteiger partial charge in [0.05, 0.1) is 18.9 Å². The molecule has 134 valence electrons. The lowest BCUT2D eigenvalue weighted by Gasteiger charge is -2.22. The number of amides is 1. The molecule has 0 fully saturated rings. The SMILES string of the molecule is COc1ccc(C2CC(c3cccnc3)=NN2C(=O)c2ccccc2)cc1. The van der Waals surface area contributed by atoms with E-state index in [1.807, 2.05) is 66.7 Å². The van der Waals surface area contributed by atoms with E-state index in [1.165, 1.54) is 0 Å². The van der Waals surface area contributed by atoms with Crippen molar-refractivity contribution >= 4 is 11.6 Å². The van der Waals surface area contributed by atoms with Crippen molar-refractivity contribution in [3.63, 3.8) is 0 Å². The van der Waals surface area contributed by atoms with Crippen LogP contribution in [0.15, 0.2) is 84.2 Å². The fourth-order valence-corrected chi connectivity index (χ4v) is 3.20. The van der Waals surface area contributed by atoms with Crippen molar-refractivity contribution < 1.29 is 9.53 Å². The fraction of sp³-hybridized carbons (Fsp3) is 0.136. The number of hydrazone groups is 1. The van der Waals surface area contributed by atoms with E-state index in [-0.39, 0.29) is 11.9 Å². The van der Waals surface area contributed by atoms with Crippen LogP contribution in [0.5, 0.6) is 5.75 Å². The maximum atomic E-state index is 13.1. The molecule has 1 aliphatic rings. The molecule has 1 aromatic heterocycles. The van der Waals surface area contributed by atoms with Crippen LogP contribution in [-0.4, -0.2) is 28.7 Å². The average molecular weight is 357 g/mol. The second-order valence-corrected chi connectivity index (χ2v) is 6.30. The van der Waals surface area contributed by atoms with Crippen molar-refractivity contribution in [2.24, 2.45) is 5.10 Å². The Morgan fingerprint density at radius 2 is 1.81 bits per heavy atom. The summed E-state index contributed by atoms with van der Waals surface area (Å²) in [5, 5.41) is 6.25. The molecule has 5 nitrogen and oxygen atoms in total. The number of methoxy groups -OCH3 is 1. The number of rotatable bonds is 4. The molecule has 4 rings (SSSR count). The summed E-state index contributed by atoms with van der Waals surface area (Å²) in [6.07, 6.45) is 4.14. The lowest BCUT2D eigenvalue weighted by atomic mass is 9.98. The van der Waals surface area contributed by atoms with Crippen molar-refractivity contribution in [1.29, 1.82) is 0 Å². The third-order valence-corrected chi connectivity index (χ3v) is 4.63. The topological polar surface area (TPSA) is 54.8 Å². The Balaban J connectivity index is 1.71. The van der Waals surface area contributed by atoms with Crippen molar-refractivity contribution in [3.8, 4) is 5.75 Å². The third-order valence-electron chi connectivity index (χ3n) is 4.63. The zero-order valence-electron chi connectivity index (χ0n) is 14.9. The van der Waals surface area contributed by atoms with Crippen molar-refractivity contribution in [3.05, 3.63) is 95.8 Å². The minimum Gasteiger partial charge on any atom is -0.497 e. The Kier molecular flexibility index (Phi) is 4.66. The van der Waals surface area contributed by atoms with E-state index in [0.717, 1.165) is 22.6 Å². The molecular formula is C22H19N3O2. The van der Waals surface area contributed by atoms with Gasteiger partial charge in [-0.15, -0.1) is 0 Å². The molecule has 0 aliphatic carbocycles. The molecule has 2 heterocycles. The molecule has 1 unspecified atom stereocenters. The highest BCUT2D eigenvalue weighted by molar-refractivity contribution is 6.04. The highest BCUT2D eigenvalue weighted by Crippen LogP contribution is 2.34. The van der Waals surface area contributed by atoms with Crippen LogP contribution < -0.4 is 4.74 Å². The standard InChI is InChI=1S/C22H19N3O2/c1-27-19-11-9-16(10-12-19)21-14-20(18-8-5-13-23-15-18)24-25(21)22(26)17-6-3-2-4-7-17/h2-13,15,21H,14H2,1H3. The van der Waals surface area contributed by atoms with Crippen molar-refractivity contribution in [2.45, 2.75) is 12.5 Å². The van der Waals surface area contributed by atoms with Crippen LogP contribution in [0.1, 0.15) is 33.9 Å². The third kappa shape index (κ3) is 3.44. The normalized spacial score (nSPS) is 16.1. The monoisotopic (exact) mass is 357 g/mol. The lowest BCUT2D eigenvalue weighted by molar-refractivity contribution is 0.0711. The summed E-state index contributed by atoms with van der Waals surface area (Å²) in [4.78, 5) is 17.3. The van der Waals surface area contributed by atoms with Crippen LogP contribution in [0, 0.1) is 0 Å². The van der Waals surface area contributed by atoms with Gasteiger partial charge in [-0.1, -0.05) is 36.4 Å². The Morgan fingerprint density at radius 1 is 1.04 bits per heavy atom. The smallest absolute Gasteiger partial charge is 0.274 e. The minimum absolute atomic E-state index is 0.115. The van der Waals surface area contributed by atoms with Crippen LogP contribution in [0.25, 0.3) is 0 Å². The highest BCUT2D eigenvalue weighted by Gasteiger charge is 2.33. The van der Waals surface area contributed by atoms with Gasteiger partial charge >= 0.3 is 0 Å². The van der Waals surface area contributed by atoms with E-state index in [0.29, 0.717) is 12.0 Å². The van der Waals surface area contributed by atoms with E-state index < -0.39 is 0 Å². The second kappa shape index (κ2) is 7.41. The van der Waals surface area contributed by atoms with Gasteiger partial charge in [-0.3, -0.25) is 9.78 Å². The second-order valence-electron chi connectivity index (χ2n) is 6.30. The maximum absolute atomic E-state index is 13.1. The van der Waals surface area contributed by atoms with E-state index in [9.17, 15) is 4.79 Å². The van der Waals surface area contributed by atoms with Gasteiger partial charge in [0.25, 0.3) is 5.91 Å². The number of hydrogen-bond acceptors (Lipinski definition) is 4. The molecule has 3 aromatic rings. The molecule has 0 spiro atoms. The summed E-state index contributed by atoms with van der Waals surface area (Å²) in [6, 6.07) is 20.7. The molecule has 0 saturated heterocycles. The summed E-state index contributed by atoms with van der Waals surface area (Å²) < 4.78 is 5.25. The van der Waals surface area contributed by atoms with E-state index >= 15 is 0 Å². The van der Waals surface area contributed by atoms with Gasteiger partial charge in [-0.2, -0.15) is 5.10 Å². The number of hydrogen-bond donors (Lipinski definition) is 0. The Morgan fingerprint density at radius 3 is 2.48 bits per heavy atom. The number of benzene rings is 2. The predicted molar refractivity (Wildman–Crippen MR) is 104 cm³/mol. The Bertz CT molecular complexity index is 954. The van der Waals surface area contributed by atoms with Gasteiger partial charge in [0.1, 0.15) is 5.75 Å². The fourth-order valence-electron chi connectivity index (χ4n) is 3.20. The summed E-state index contributed by atoms with van der Waals surface area (Å²) in [5.74, 6) is 0.668. The summed E-state index contributed by atoms with van der Waals surface area (Å²) >= 11 is 0. The van der Waals surface area contributed by atoms with Gasteiger partial charge in [0, 0.05) is 29.9 Å². The first-order chi connectivity index (χ1) is 13.3. The molecule has 1 amide bonds. The number of nitrogens with zero attached hydrogens (tertiary/aromatic N) is 3. The molecule has 0 N–H and O–H groups in total. The number of pyridine rings is 1. The molecule has 0 bridgehead atoms. The number of carbonyl (C=O) groups excluding carboxylic acids is 1. The molecule has 1 aliphatic heterocycles. The summed E-state index contributed by atoms with van der Waals surface area (Å²) in [7, 11) is 1.64. The van der Waals surface area contributed by atoms with Crippen molar-refractivity contribution in [1.82, 2.24) is 9.99 Å². The molecule has 0 radical (unpaired) electrons. The molecule has 1 atom stereocenters. The maximum Gasteiger partial charge on any atom is 0.274 e. The van der Waals surface area contributed by atoms with Gasteiger partial charge < -0.3 is 4.74 Å². The van der Waals surface area contributed by atoms with Gasteiger partial charge in [-0.25, -0.2) is 5.01 Å². The van der Waals surface area contributed by atoms with Crippen LogP contribution in [0.3, 0.4) is 0 Å². The zero-order chi connectivity index (χ0) is 18.6. The quantitative estimate of drug-likeness (QED) is 0.707. The first-order valence-corrected chi connectivity index (χ1v) is 8.76. The molecule has 2 aromatic carbocycles. The minimum atomic E-state index is -0.168. The molecule has 27 heavy (non-hydrogen) atoms. The van der Waals surface area contributed by atoms with Crippen LogP contribution in [0.4, 0.5) is 0 Å². The van der Waals surface area contributed by atoms with E-state index in [2.05, 4.69) is 10.1 Å². The number of aromatic nitrogens is 1. The largest absolute Gasteiger partial charge is 0.497 e. The Labute approximate surface area is 157 Å². The summed E-state index contributed by atoms with van der Waals surface area (Å²) in [5.41, 5.74) is 3.42. The Hall–Kier alpha value is -3.47.